The average molecular weight is 495 g/mol. The molecule has 2 aliphatic rings. The first-order chi connectivity index (χ1) is 17.5. The molecule has 3 aromatic carbocycles. The van der Waals surface area contributed by atoms with Gasteiger partial charge in [-0.25, -0.2) is 0 Å². The Morgan fingerprint density at radius 3 is 1.43 bits per heavy atom. The lowest BCUT2D eigenvalue weighted by Crippen LogP contribution is -2.52. The molecule has 6 nitrogen and oxygen atoms in total. The highest BCUT2D eigenvalue weighted by molar-refractivity contribution is 6.25. The predicted octanol–water partition coefficient (Wildman–Crippen LogP) is 5.02. The van der Waals surface area contributed by atoms with Crippen LogP contribution in [0.3, 0.4) is 0 Å². The summed E-state index contributed by atoms with van der Waals surface area (Å²) in [6.45, 7) is 6.29. The number of ketones is 2. The van der Waals surface area contributed by atoms with Crippen LogP contribution in [-0.2, 0) is 15.0 Å². The maximum Gasteiger partial charge on any atom is 0.238 e. The monoisotopic (exact) mass is 494 g/mol. The lowest BCUT2D eigenvalue weighted by Gasteiger charge is -2.40. The van der Waals surface area contributed by atoms with Crippen LogP contribution in [0.25, 0.3) is 0 Å². The second kappa shape index (κ2) is 8.80. The van der Waals surface area contributed by atoms with Gasteiger partial charge in [0.25, 0.3) is 0 Å². The zero-order valence-electron chi connectivity index (χ0n) is 21.7. The van der Waals surface area contributed by atoms with E-state index < -0.39 is 29.6 Å². The molecule has 2 atom stereocenters. The first-order valence-electron chi connectivity index (χ1n) is 12.4. The molecule has 3 aromatic rings. The van der Waals surface area contributed by atoms with Crippen molar-refractivity contribution < 1.29 is 19.2 Å². The van der Waals surface area contributed by atoms with Gasteiger partial charge in [-0.3, -0.25) is 19.2 Å². The topological polar surface area (TPSA) is 74.8 Å². The van der Waals surface area contributed by atoms with E-state index in [1.807, 2.05) is 24.3 Å². The van der Waals surface area contributed by atoms with Gasteiger partial charge in [-0.2, -0.15) is 0 Å². The third-order valence-corrected chi connectivity index (χ3v) is 7.70. The zero-order chi connectivity index (χ0) is 26.6. The van der Waals surface area contributed by atoms with Gasteiger partial charge in [0.05, 0.1) is 11.4 Å². The largest absolute Gasteiger partial charge is 0.314 e. The molecule has 6 heteroatoms. The summed E-state index contributed by atoms with van der Waals surface area (Å²) < 4.78 is 0. The number of fused-ring (bicyclic) bond motifs is 2. The fraction of sp³-hybridized carbons (Fsp3) is 0.290. The first kappa shape index (κ1) is 24.6. The Labute approximate surface area is 216 Å². The van der Waals surface area contributed by atoms with E-state index in [2.05, 4.69) is 20.8 Å². The number of rotatable bonds is 3. The van der Waals surface area contributed by atoms with Gasteiger partial charge in [-0.15, -0.1) is 0 Å². The fourth-order valence-corrected chi connectivity index (χ4v) is 5.58. The van der Waals surface area contributed by atoms with E-state index in [1.54, 1.807) is 62.6 Å². The van der Waals surface area contributed by atoms with Crippen molar-refractivity contribution in [3.05, 3.63) is 95.1 Å². The van der Waals surface area contributed by atoms with E-state index in [1.165, 1.54) is 9.80 Å². The summed E-state index contributed by atoms with van der Waals surface area (Å²) in [6, 6.07) is 21.5. The van der Waals surface area contributed by atoms with Crippen LogP contribution in [0, 0.1) is 11.8 Å². The number of carbonyl (C=O) groups is 4. The molecule has 0 aromatic heterocycles. The lowest BCUT2D eigenvalue weighted by atomic mass is 9.68. The van der Waals surface area contributed by atoms with Gasteiger partial charge in [-0.1, -0.05) is 69.3 Å². The maximum absolute atomic E-state index is 13.9. The minimum absolute atomic E-state index is 0.112. The number of Topliss-reactive ketones (excluding diaryl/α,β-unsaturated/α-hetero) is 2. The number of hydrogen-bond donors (Lipinski definition) is 0. The van der Waals surface area contributed by atoms with E-state index in [-0.39, 0.29) is 17.0 Å². The molecule has 0 N–H and O–H groups in total. The standard InChI is InChI=1S/C31H30N2O4/c1-31(2,3)19-16-14-18(15-17-19)24(25-27(34)20-10-6-8-12-22(20)32(4)29(25)36)26-28(35)21-11-7-9-13-23(21)33(5)30(26)37/h6-17,24-26H,1-5H3. The molecule has 0 saturated carbocycles. The Balaban J connectivity index is 1.71. The summed E-state index contributed by atoms with van der Waals surface area (Å²) in [6.07, 6.45) is 0. The van der Waals surface area contributed by atoms with Crippen LogP contribution >= 0.6 is 0 Å². The van der Waals surface area contributed by atoms with Crippen LogP contribution in [0.5, 0.6) is 0 Å². The van der Waals surface area contributed by atoms with Crippen molar-refractivity contribution in [1.82, 2.24) is 0 Å². The molecule has 0 aliphatic carbocycles. The third kappa shape index (κ3) is 3.88. The number of anilines is 2. The van der Waals surface area contributed by atoms with E-state index >= 15 is 0 Å². The van der Waals surface area contributed by atoms with Crippen molar-refractivity contribution >= 4 is 34.8 Å². The molecular formula is C31H30N2O4. The number of amides is 2. The average Bonchev–Trinajstić information content (AvgIpc) is 2.89. The molecular weight excluding hydrogens is 464 g/mol. The SMILES string of the molecule is CN1C(=O)C(C(c2ccc(C(C)(C)C)cc2)C2C(=O)c3ccccc3N(C)C2=O)C(=O)c2ccccc21. The number of nitrogens with zero attached hydrogens (tertiary/aromatic N) is 2. The van der Waals surface area contributed by atoms with Gasteiger partial charge >= 0.3 is 0 Å². The highest BCUT2D eigenvalue weighted by Gasteiger charge is 2.52. The van der Waals surface area contributed by atoms with E-state index in [0.29, 0.717) is 28.1 Å². The summed E-state index contributed by atoms with van der Waals surface area (Å²) in [5, 5.41) is 0. The predicted molar refractivity (Wildman–Crippen MR) is 143 cm³/mol. The van der Waals surface area contributed by atoms with Gasteiger partial charge in [0.2, 0.25) is 11.8 Å². The van der Waals surface area contributed by atoms with Crippen molar-refractivity contribution in [2.24, 2.45) is 11.8 Å². The van der Waals surface area contributed by atoms with Crippen LogP contribution in [-0.4, -0.2) is 37.5 Å². The normalized spacial score (nSPS) is 20.6. The molecule has 0 radical (unpaired) electrons. The van der Waals surface area contributed by atoms with Crippen molar-refractivity contribution in [3.8, 4) is 0 Å². The summed E-state index contributed by atoms with van der Waals surface area (Å²) in [5.41, 5.74) is 3.46. The zero-order valence-corrected chi connectivity index (χ0v) is 21.7. The second-order valence-electron chi connectivity index (χ2n) is 10.9. The van der Waals surface area contributed by atoms with Crippen LogP contribution in [0.1, 0.15) is 58.5 Å². The van der Waals surface area contributed by atoms with Gasteiger partial charge in [-0.05, 0) is 40.8 Å². The van der Waals surface area contributed by atoms with Crippen LogP contribution in [0.15, 0.2) is 72.8 Å². The van der Waals surface area contributed by atoms with Crippen LogP contribution in [0.4, 0.5) is 11.4 Å². The molecule has 188 valence electrons. The Bertz CT molecular complexity index is 1350. The van der Waals surface area contributed by atoms with Gasteiger partial charge in [0.15, 0.2) is 11.6 Å². The third-order valence-electron chi connectivity index (χ3n) is 7.70. The molecule has 0 bridgehead atoms. The smallest absolute Gasteiger partial charge is 0.238 e. The molecule has 2 unspecified atom stereocenters. The summed E-state index contributed by atoms with van der Waals surface area (Å²) in [4.78, 5) is 58.3. The van der Waals surface area contributed by atoms with E-state index in [9.17, 15) is 19.2 Å². The minimum atomic E-state index is -1.21. The molecule has 2 aliphatic heterocycles. The minimum Gasteiger partial charge on any atom is -0.314 e. The Morgan fingerprint density at radius 2 is 1.03 bits per heavy atom. The van der Waals surface area contributed by atoms with Crippen molar-refractivity contribution in [3.63, 3.8) is 0 Å². The van der Waals surface area contributed by atoms with Gasteiger partial charge in [0.1, 0.15) is 11.8 Å². The summed E-state index contributed by atoms with van der Waals surface area (Å²) in [7, 11) is 3.26. The van der Waals surface area contributed by atoms with Crippen LogP contribution in [0.2, 0.25) is 0 Å². The Hall–Kier alpha value is -4.06. The molecule has 37 heavy (non-hydrogen) atoms. The summed E-state index contributed by atoms with van der Waals surface area (Å²) in [5.74, 6) is -4.96. The molecule has 2 heterocycles. The molecule has 5 rings (SSSR count). The fourth-order valence-electron chi connectivity index (χ4n) is 5.58. The summed E-state index contributed by atoms with van der Waals surface area (Å²) >= 11 is 0. The molecule has 0 spiro atoms. The molecule has 0 saturated heterocycles. The Morgan fingerprint density at radius 1 is 0.622 bits per heavy atom. The Kier molecular flexibility index (Phi) is 5.86. The molecule has 2 amide bonds. The molecule has 0 fully saturated rings. The number of para-hydroxylation sites is 2. The van der Waals surface area contributed by atoms with Gasteiger partial charge < -0.3 is 9.80 Å². The van der Waals surface area contributed by atoms with Crippen molar-refractivity contribution in [2.75, 3.05) is 23.9 Å². The highest BCUT2D eigenvalue weighted by Crippen LogP contribution is 2.45. The maximum atomic E-state index is 13.9. The van der Waals surface area contributed by atoms with E-state index in [0.717, 1.165) is 5.56 Å². The van der Waals surface area contributed by atoms with Crippen LogP contribution < -0.4 is 9.80 Å². The lowest BCUT2D eigenvalue weighted by molar-refractivity contribution is -0.124. The highest BCUT2D eigenvalue weighted by atomic mass is 16.2. The number of carbonyl (C=O) groups excluding carboxylic acids is 4. The quantitative estimate of drug-likeness (QED) is 0.479. The van der Waals surface area contributed by atoms with Crippen molar-refractivity contribution in [2.45, 2.75) is 32.1 Å². The van der Waals surface area contributed by atoms with Crippen molar-refractivity contribution in [1.29, 1.82) is 0 Å². The number of benzene rings is 3. The van der Waals surface area contributed by atoms with E-state index in [4.69, 9.17) is 0 Å². The van der Waals surface area contributed by atoms with Gasteiger partial charge in [0, 0.05) is 31.1 Å². The first-order valence-corrected chi connectivity index (χ1v) is 12.4. The second-order valence-corrected chi connectivity index (χ2v) is 10.9. The number of hydrogen-bond acceptors (Lipinski definition) is 4.